The fourth-order valence-corrected chi connectivity index (χ4v) is 1.76. The van der Waals surface area contributed by atoms with Crippen LogP contribution in [0.15, 0.2) is 0 Å². The van der Waals surface area contributed by atoms with Gasteiger partial charge in [-0.05, 0) is 25.2 Å². The van der Waals surface area contributed by atoms with Crippen molar-refractivity contribution in [2.75, 3.05) is 23.9 Å². The summed E-state index contributed by atoms with van der Waals surface area (Å²) in [4.78, 5) is 12.4. The molecule has 0 aliphatic heterocycles. The summed E-state index contributed by atoms with van der Waals surface area (Å²) in [7, 11) is 0. The molecule has 0 aromatic carbocycles. The summed E-state index contributed by atoms with van der Waals surface area (Å²) >= 11 is 0. The third-order valence-electron chi connectivity index (χ3n) is 2.95. The first-order valence-electron chi connectivity index (χ1n) is 6.91. The van der Waals surface area contributed by atoms with Crippen molar-refractivity contribution < 1.29 is 4.74 Å². The van der Waals surface area contributed by atoms with E-state index in [1.807, 2.05) is 6.92 Å². The van der Waals surface area contributed by atoms with Gasteiger partial charge >= 0.3 is 6.01 Å². The molecule has 1 fully saturated rings. The third-order valence-corrected chi connectivity index (χ3v) is 2.95. The Hall–Kier alpha value is -1.63. The summed E-state index contributed by atoms with van der Waals surface area (Å²) in [5.74, 6) is 7.10. The molecule has 2 rings (SSSR count). The minimum Gasteiger partial charge on any atom is -0.463 e. The van der Waals surface area contributed by atoms with Gasteiger partial charge in [-0.25, -0.2) is 5.84 Å². The van der Waals surface area contributed by atoms with Crippen LogP contribution >= 0.6 is 0 Å². The van der Waals surface area contributed by atoms with Crippen LogP contribution in [0, 0.1) is 5.92 Å². The first-order valence-corrected chi connectivity index (χ1v) is 6.91. The number of nitrogen functional groups attached to an aromatic ring is 1. The van der Waals surface area contributed by atoms with Crippen LogP contribution in [0.3, 0.4) is 0 Å². The lowest BCUT2D eigenvalue weighted by Gasteiger charge is -2.08. The molecule has 106 valence electrons. The smallest absolute Gasteiger partial charge is 0.323 e. The normalized spacial score (nSPS) is 14.2. The maximum atomic E-state index is 5.40. The minimum atomic E-state index is 0.300. The van der Waals surface area contributed by atoms with Gasteiger partial charge in [0.2, 0.25) is 11.9 Å². The summed E-state index contributed by atoms with van der Waals surface area (Å²) in [5.41, 5.74) is 2.42. The van der Waals surface area contributed by atoms with Gasteiger partial charge in [0.15, 0.2) is 0 Å². The van der Waals surface area contributed by atoms with Gasteiger partial charge < -0.3 is 10.1 Å². The molecule has 19 heavy (non-hydrogen) atoms. The van der Waals surface area contributed by atoms with Gasteiger partial charge in [0.05, 0.1) is 6.61 Å². The second kappa shape index (κ2) is 7.08. The first-order chi connectivity index (χ1) is 9.31. The molecule has 1 saturated carbocycles. The lowest BCUT2D eigenvalue weighted by atomic mass is 10.2. The van der Waals surface area contributed by atoms with Crippen LogP contribution in [-0.2, 0) is 0 Å². The van der Waals surface area contributed by atoms with Crippen molar-refractivity contribution in [2.24, 2.45) is 11.8 Å². The first kappa shape index (κ1) is 13.8. The van der Waals surface area contributed by atoms with Crippen molar-refractivity contribution in [3.63, 3.8) is 0 Å². The molecule has 0 radical (unpaired) electrons. The minimum absolute atomic E-state index is 0.300. The number of anilines is 2. The zero-order chi connectivity index (χ0) is 13.5. The van der Waals surface area contributed by atoms with Crippen LogP contribution in [0.5, 0.6) is 6.01 Å². The number of ether oxygens (including phenoxy) is 1. The number of rotatable bonds is 9. The highest BCUT2D eigenvalue weighted by atomic mass is 16.5. The molecule has 0 unspecified atom stereocenters. The summed E-state index contributed by atoms with van der Waals surface area (Å²) in [6.07, 6.45) is 6.09. The molecule has 0 spiro atoms. The van der Waals surface area contributed by atoms with Crippen molar-refractivity contribution in [3.8, 4) is 6.01 Å². The molecule has 7 heteroatoms. The highest BCUT2D eigenvalue weighted by molar-refractivity contribution is 5.34. The second-order valence-electron chi connectivity index (χ2n) is 4.77. The van der Waals surface area contributed by atoms with E-state index in [1.165, 1.54) is 19.3 Å². The monoisotopic (exact) mass is 266 g/mol. The van der Waals surface area contributed by atoms with Gasteiger partial charge in [0.1, 0.15) is 0 Å². The quantitative estimate of drug-likeness (QED) is 0.354. The van der Waals surface area contributed by atoms with Crippen LogP contribution < -0.4 is 21.3 Å². The van der Waals surface area contributed by atoms with E-state index >= 15 is 0 Å². The van der Waals surface area contributed by atoms with Crippen LogP contribution in [0.2, 0.25) is 0 Å². The summed E-state index contributed by atoms with van der Waals surface area (Å²) in [6.45, 7) is 3.47. The van der Waals surface area contributed by atoms with Gasteiger partial charge in [-0.2, -0.15) is 15.0 Å². The van der Waals surface area contributed by atoms with Gasteiger partial charge in [-0.1, -0.05) is 19.8 Å². The summed E-state index contributed by atoms with van der Waals surface area (Å²) in [6, 6.07) is 0.300. The molecular weight excluding hydrogens is 244 g/mol. The second-order valence-corrected chi connectivity index (χ2v) is 4.77. The Bertz CT molecular complexity index is 396. The average molecular weight is 266 g/mol. The van der Waals surface area contributed by atoms with Crippen molar-refractivity contribution in [1.29, 1.82) is 0 Å². The molecule has 1 aliphatic rings. The number of aromatic nitrogens is 3. The number of hydrogen-bond acceptors (Lipinski definition) is 7. The lowest BCUT2D eigenvalue weighted by molar-refractivity contribution is 0.292. The Balaban J connectivity index is 1.85. The predicted molar refractivity (Wildman–Crippen MR) is 73.9 cm³/mol. The predicted octanol–water partition coefficient (Wildman–Crippen LogP) is 1.55. The van der Waals surface area contributed by atoms with E-state index in [0.29, 0.717) is 24.5 Å². The number of hydrogen-bond donors (Lipinski definition) is 3. The molecule has 0 atom stereocenters. The molecule has 1 aromatic rings. The van der Waals surface area contributed by atoms with Crippen molar-refractivity contribution in [1.82, 2.24) is 15.0 Å². The number of nitrogens with one attached hydrogen (secondary N) is 2. The SMILES string of the molecule is CCCOc1nc(NN)nc(NCCCC2CC2)n1. The standard InChI is InChI=1S/C12H22N6O/c1-2-8-19-12-16-10(15-11(17-12)18-13)14-7-3-4-9-5-6-9/h9H,2-8,13H2,1H3,(H2,14,15,16,17,18). The number of nitrogens with zero attached hydrogens (tertiary/aromatic N) is 3. The fraction of sp³-hybridized carbons (Fsp3) is 0.750. The van der Waals surface area contributed by atoms with Crippen molar-refractivity contribution >= 4 is 11.9 Å². The van der Waals surface area contributed by atoms with E-state index in [1.54, 1.807) is 0 Å². The van der Waals surface area contributed by atoms with E-state index < -0.39 is 0 Å². The van der Waals surface area contributed by atoms with Crippen LogP contribution in [0.4, 0.5) is 11.9 Å². The van der Waals surface area contributed by atoms with Gasteiger partial charge in [-0.3, -0.25) is 5.43 Å². The van der Waals surface area contributed by atoms with E-state index in [2.05, 4.69) is 25.7 Å². The maximum Gasteiger partial charge on any atom is 0.323 e. The molecule has 0 bridgehead atoms. The lowest BCUT2D eigenvalue weighted by Crippen LogP contribution is -2.15. The Labute approximate surface area is 113 Å². The molecule has 1 aromatic heterocycles. The van der Waals surface area contributed by atoms with Crippen LogP contribution in [-0.4, -0.2) is 28.1 Å². The van der Waals surface area contributed by atoms with Crippen LogP contribution in [0.1, 0.15) is 39.0 Å². The molecule has 1 aliphatic carbocycles. The van der Waals surface area contributed by atoms with E-state index in [4.69, 9.17) is 10.6 Å². The highest BCUT2D eigenvalue weighted by Crippen LogP contribution is 2.33. The Kier molecular flexibility index (Phi) is 5.14. The van der Waals surface area contributed by atoms with E-state index in [9.17, 15) is 0 Å². The molecule has 1 heterocycles. The molecule has 4 N–H and O–H groups in total. The molecule has 7 nitrogen and oxygen atoms in total. The Morgan fingerprint density at radius 1 is 1.26 bits per heavy atom. The van der Waals surface area contributed by atoms with E-state index in [0.717, 1.165) is 25.3 Å². The molecule has 0 amide bonds. The topological polar surface area (TPSA) is 98.0 Å². The maximum absolute atomic E-state index is 5.40. The zero-order valence-corrected chi connectivity index (χ0v) is 11.4. The summed E-state index contributed by atoms with van der Waals surface area (Å²) < 4.78 is 5.40. The van der Waals surface area contributed by atoms with Crippen molar-refractivity contribution in [3.05, 3.63) is 0 Å². The Morgan fingerprint density at radius 2 is 2.05 bits per heavy atom. The fourth-order valence-electron chi connectivity index (χ4n) is 1.76. The zero-order valence-electron chi connectivity index (χ0n) is 11.4. The number of nitrogens with two attached hydrogens (primary N) is 1. The Morgan fingerprint density at radius 3 is 2.74 bits per heavy atom. The largest absolute Gasteiger partial charge is 0.463 e. The average Bonchev–Trinajstić information content (AvgIpc) is 3.25. The van der Waals surface area contributed by atoms with Gasteiger partial charge in [0, 0.05) is 6.54 Å². The highest BCUT2D eigenvalue weighted by Gasteiger charge is 2.20. The van der Waals surface area contributed by atoms with E-state index in [-0.39, 0.29) is 0 Å². The van der Waals surface area contributed by atoms with Crippen molar-refractivity contribution in [2.45, 2.75) is 39.0 Å². The number of hydrazine groups is 1. The molecule has 0 saturated heterocycles. The summed E-state index contributed by atoms with van der Waals surface area (Å²) in [5, 5.41) is 3.18. The van der Waals surface area contributed by atoms with Gasteiger partial charge in [0.25, 0.3) is 0 Å². The van der Waals surface area contributed by atoms with Crippen LogP contribution in [0.25, 0.3) is 0 Å². The molecular formula is C12H22N6O. The third kappa shape index (κ3) is 4.86. The van der Waals surface area contributed by atoms with Gasteiger partial charge in [-0.15, -0.1) is 0 Å².